The van der Waals surface area contributed by atoms with Crippen molar-refractivity contribution in [1.29, 1.82) is 0 Å². The lowest BCUT2D eigenvalue weighted by molar-refractivity contribution is 0.112. The van der Waals surface area contributed by atoms with Gasteiger partial charge in [0.1, 0.15) is 5.75 Å². The third kappa shape index (κ3) is 1.61. The van der Waals surface area contributed by atoms with Crippen LogP contribution in [0, 0.1) is 13.8 Å². The van der Waals surface area contributed by atoms with Crippen LogP contribution in [0.25, 0.3) is 10.9 Å². The fraction of sp³-hybridized carbons (Fsp3) is 0.286. The number of aryl methyl sites for hydroxylation is 3. The Morgan fingerprint density at radius 3 is 2.50 bits per heavy atom. The molecule has 1 aromatic heterocycles. The Morgan fingerprint density at radius 2 is 1.94 bits per heavy atom. The third-order valence-electron chi connectivity index (χ3n) is 3.24. The molecule has 0 fully saturated rings. The molecule has 0 bridgehead atoms. The molecule has 0 saturated carbocycles. The number of carbonyl (C=O) groups excluding carboxylic acids is 1. The first kappa shape index (κ1) is 12.4. The normalized spacial score (nSPS) is 10.7. The first-order valence-corrected chi connectivity index (χ1v) is 5.64. The predicted molar refractivity (Wildman–Crippen MR) is 70.6 cm³/mol. The van der Waals surface area contributed by atoms with Crippen LogP contribution in [0.2, 0.25) is 0 Å². The Labute approximate surface area is 105 Å². The zero-order valence-corrected chi connectivity index (χ0v) is 10.9. The van der Waals surface area contributed by atoms with Crippen LogP contribution in [0.4, 0.5) is 0 Å². The summed E-state index contributed by atoms with van der Waals surface area (Å²) in [4.78, 5) is 23.1. The maximum atomic E-state index is 12.1. The number of aromatic nitrogens is 1. The second kappa shape index (κ2) is 4.29. The molecule has 2 rings (SSSR count). The summed E-state index contributed by atoms with van der Waals surface area (Å²) in [5.74, 6) is 0.644. The third-order valence-corrected chi connectivity index (χ3v) is 3.24. The lowest BCUT2D eigenvalue weighted by Gasteiger charge is -2.14. The highest BCUT2D eigenvalue weighted by Gasteiger charge is 2.15. The van der Waals surface area contributed by atoms with Gasteiger partial charge in [-0.25, -0.2) is 0 Å². The van der Waals surface area contributed by atoms with E-state index in [9.17, 15) is 9.59 Å². The highest BCUT2D eigenvalue weighted by Crippen LogP contribution is 2.28. The van der Waals surface area contributed by atoms with Crippen molar-refractivity contribution in [2.45, 2.75) is 13.8 Å². The van der Waals surface area contributed by atoms with Gasteiger partial charge in [-0.2, -0.15) is 0 Å². The smallest absolute Gasteiger partial charge is 0.261 e. The molecule has 4 nitrogen and oxygen atoms in total. The molecule has 0 radical (unpaired) electrons. The molecule has 0 aliphatic rings. The van der Waals surface area contributed by atoms with Crippen molar-refractivity contribution in [2.24, 2.45) is 7.05 Å². The van der Waals surface area contributed by atoms with E-state index in [-0.39, 0.29) is 11.1 Å². The average Bonchev–Trinajstić information content (AvgIpc) is 2.35. The van der Waals surface area contributed by atoms with Gasteiger partial charge in [0.2, 0.25) is 0 Å². The number of methoxy groups -OCH3 is 1. The van der Waals surface area contributed by atoms with Gasteiger partial charge in [-0.3, -0.25) is 9.59 Å². The van der Waals surface area contributed by atoms with Gasteiger partial charge in [0, 0.05) is 12.4 Å². The van der Waals surface area contributed by atoms with Crippen molar-refractivity contribution in [3.05, 3.63) is 39.2 Å². The van der Waals surface area contributed by atoms with Gasteiger partial charge in [-0.05, 0) is 37.1 Å². The van der Waals surface area contributed by atoms with E-state index in [1.54, 1.807) is 21.1 Å². The molecule has 1 heterocycles. The Kier molecular flexibility index (Phi) is 2.95. The zero-order chi connectivity index (χ0) is 13.4. The number of benzene rings is 1. The molecular weight excluding hydrogens is 230 g/mol. The molecule has 94 valence electrons. The van der Waals surface area contributed by atoms with Crippen LogP contribution in [0.1, 0.15) is 21.5 Å². The van der Waals surface area contributed by atoms with Crippen LogP contribution in [0.15, 0.2) is 16.9 Å². The molecule has 0 atom stereocenters. The van der Waals surface area contributed by atoms with E-state index in [1.807, 2.05) is 19.1 Å². The first-order valence-electron chi connectivity index (χ1n) is 5.64. The average molecular weight is 245 g/mol. The maximum absolute atomic E-state index is 12.1. The van der Waals surface area contributed by atoms with Crippen LogP contribution in [-0.2, 0) is 7.05 Å². The lowest BCUT2D eigenvalue weighted by Crippen LogP contribution is -2.23. The Balaban J connectivity index is 3.12. The minimum atomic E-state index is -0.294. The van der Waals surface area contributed by atoms with Crippen LogP contribution >= 0.6 is 0 Å². The van der Waals surface area contributed by atoms with Gasteiger partial charge >= 0.3 is 0 Å². The van der Waals surface area contributed by atoms with Crippen molar-refractivity contribution in [3.63, 3.8) is 0 Å². The maximum Gasteiger partial charge on any atom is 0.261 e. The van der Waals surface area contributed by atoms with Crippen LogP contribution in [0.5, 0.6) is 5.75 Å². The van der Waals surface area contributed by atoms with Crippen molar-refractivity contribution in [2.75, 3.05) is 7.11 Å². The number of hydrogen-bond donors (Lipinski definition) is 0. The van der Waals surface area contributed by atoms with Crippen LogP contribution in [-0.4, -0.2) is 18.0 Å². The van der Waals surface area contributed by atoms with E-state index in [1.165, 1.54) is 4.57 Å². The summed E-state index contributed by atoms with van der Waals surface area (Å²) in [6.07, 6.45) is 0.617. The van der Waals surface area contributed by atoms with E-state index in [0.29, 0.717) is 17.6 Å². The number of hydrogen-bond acceptors (Lipinski definition) is 3. The zero-order valence-electron chi connectivity index (χ0n) is 10.9. The van der Waals surface area contributed by atoms with E-state index in [0.717, 1.165) is 16.5 Å². The lowest BCUT2D eigenvalue weighted by atomic mass is 10.0. The first-order chi connectivity index (χ1) is 8.51. The fourth-order valence-corrected chi connectivity index (χ4v) is 2.26. The molecule has 0 spiro atoms. The predicted octanol–water partition coefficient (Wildman–Crippen LogP) is 1.98. The highest BCUT2D eigenvalue weighted by molar-refractivity contribution is 5.93. The Bertz CT molecular complexity index is 698. The van der Waals surface area contributed by atoms with E-state index in [4.69, 9.17) is 4.74 Å². The minimum Gasteiger partial charge on any atom is -0.495 e. The number of ether oxygens (including phenoxy) is 1. The summed E-state index contributed by atoms with van der Waals surface area (Å²) in [5.41, 5.74) is 2.36. The number of nitrogens with zero attached hydrogens (tertiary/aromatic N) is 1. The van der Waals surface area contributed by atoms with E-state index >= 15 is 0 Å². The van der Waals surface area contributed by atoms with Crippen LogP contribution in [0.3, 0.4) is 0 Å². The molecule has 2 aromatic rings. The van der Waals surface area contributed by atoms with E-state index < -0.39 is 0 Å². The highest BCUT2D eigenvalue weighted by atomic mass is 16.5. The second-order valence-corrected chi connectivity index (χ2v) is 4.38. The molecule has 0 N–H and O–H groups in total. The van der Waals surface area contributed by atoms with Gasteiger partial charge in [0.05, 0.1) is 18.2 Å². The number of carbonyl (C=O) groups is 1. The quantitative estimate of drug-likeness (QED) is 0.760. The van der Waals surface area contributed by atoms with Crippen LogP contribution < -0.4 is 10.3 Å². The number of fused-ring (bicyclic) bond motifs is 1. The van der Waals surface area contributed by atoms with Gasteiger partial charge in [0.15, 0.2) is 6.29 Å². The monoisotopic (exact) mass is 245 g/mol. The van der Waals surface area contributed by atoms with Crippen molar-refractivity contribution >= 4 is 17.2 Å². The number of pyridine rings is 1. The van der Waals surface area contributed by atoms with Crippen molar-refractivity contribution in [3.8, 4) is 5.75 Å². The standard InChI is InChI=1S/C14H15NO3/c1-8-5-10-9(2)11(7-16)14(17)15(3)13(10)12(6-8)18-4/h5-7H,1-4H3. The topological polar surface area (TPSA) is 48.3 Å². The molecule has 0 unspecified atom stereocenters. The summed E-state index contributed by atoms with van der Waals surface area (Å²) < 4.78 is 6.79. The summed E-state index contributed by atoms with van der Waals surface area (Å²) in [6.45, 7) is 3.74. The van der Waals surface area contributed by atoms with Gasteiger partial charge in [-0.15, -0.1) is 0 Å². The van der Waals surface area contributed by atoms with Gasteiger partial charge in [0.25, 0.3) is 5.56 Å². The van der Waals surface area contributed by atoms with Gasteiger partial charge < -0.3 is 9.30 Å². The Morgan fingerprint density at radius 1 is 1.28 bits per heavy atom. The Hall–Kier alpha value is -2.10. The summed E-state index contributed by atoms with van der Waals surface area (Å²) in [6, 6.07) is 3.83. The SMILES string of the molecule is COc1cc(C)cc2c(C)c(C=O)c(=O)n(C)c12. The van der Waals surface area contributed by atoms with Gasteiger partial charge in [-0.1, -0.05) is 0 Å². The molecule has 18 heavy (non-hydrogen) atoms. The minimum absolute atomic E-state index is 0.206. The van der Waals surface area contributed by atoms with Crippen molar-refractivity contribution < 1.29 is 9.53 Å². The summed E-state index contributed by atoms with van der Waals surface area (Å²) in [5, 5.41) is 0.871. The molecular formula is C14H15NO3. The summed E-state index contributed by atoms with van der Waals surface area (Å²) >= 11 is 0. The fourth-order valence-electron chi connectivity index (χ4n) is 2.26. The molecule has 1 aromatic carbocycles. The number of rotatable bonds is 2. The van der Waals surface area contributed by atoms with Crippen molar-refractivity contribution in [1.82, 2.24) is 4.57 Å². The molecule has 0 aliphatic carbocycles. The molecule has 4 heteroatoms. The van der Waals surface area contributed by atoms with E-state index in [2.05, 4.69) is 0 Å². The second-order valence-electron chi connectivity index (χ2n) is 4.38. The number of aldehydes is 1. The largest absolute Gasteiger partial charge is 0.495 e. The molecule has 0 amide bonds. The molecule has 0 aliphatic heterocycles. The summed E-state index contributed by atoms with van der Waals surface area (Å²) in [7, 11) is 3.22. The molecule has 0 saturated heterocycles.